The Morgan fingerprint density at radius 1 is 1.07 bits per heavy atom. The van der Waals surface area contributed by atoms with Crippen molar-refractivity contribution in [3.8, 4) is 0 Å². The second-order valence-electron chi connectivity index (χ2n) is 6.85. The summed E-state index contributed by atoms with van der Waals surface area (Å²) in [5.74, 6) is -0.456. The van der Waals surface area contributed by atoms with Crippen LogP contribution in [-0.4, -0.2) is 39.1 Å². The fourth-order valence-corrected chi connectivity index (χ4v) is 4.68. The zero-order valence-electron chi connectivity index (χ0n) is 16.0. The van der Waals surface area contributed by atoms with E-state index in [0.717, 1.165) is 5.56 Å². The van der Waals surface area contributed by atoms with Gasteiger partial charge in [0.05, 0.1) is 11.9 Å². The van der Waals surface area contributed by atoms with Crippen LogP contribution in [0.3, 0.4) is 0 Å². The Labute approximate surface area is 164 Å². The van der Waals surface area contributed by atoms with Crippen LogP contribution in [0.2, 0.25) is 0 Å². The van der Waals surface area contributed by atoms with Crippen LogP contribution in [0.25, 0.3) is 0 Å². The summed E-state index contributed by atoms with van der Waals surface area (Å²) < 4.78 is 25.4. The van der Waals surface area contributed by atoms with Crippen molar-refractivity contribution in [3.63, 3.8) is 0 Å². The van der Waals surface area contributed by atoms with Crippen LogP contribution < -0.4 is 14.9 Å². The molecule has 2 aromatic carbocycles. The summed E-state index contributed by atoms with van der Waals surface area (Å²) >= 11 is 0. The summed E-state index contributed by atoms with van der Waals surface area (Å²) in [6.45, 7) is 4.24. The largest absolute Gasteiger partial charge is 0.352 e. The fraction of sp³-hybridized carbons (Fsp3) is 0.300. The lowest BCUT2D eigenvalue weighted by Crippen LogP contribution is -2.34. The Kier molecular flexibility index (Phi) is 5.42. The molecule has 1 atom stereocenters. The number of carbonyl (C=O) groups is 2. The standard InChI is InChI=1S/C20H23N3O4S/c1-4-21-19(24)14-5-8-17(9-6-14)22-20(25)15-7-10-18-16(12-15)11-13(2)23(18)28(3,26)27/h5-10,12-13H,4,11H2,1-3H3,(H,21,24)(H,22,25). The highest BCUT2D eigenvalue weighted by Gasteiger charge is 2.32. The maximum Gasteiger partial charge on any atom is 0.255 e. The Morgan fingerprint density at radius 3 is 2.32 bits per heavy atom. The summed E-state index contributed by atoms with van der Waals surface area (Å²) in [5, 5.41) is 5.51. The number of fused-ring (bicyclic) bond motifs is 1. The predicted molar refractivity (Wildman–Crippen MR) is 109 cm³/mol. The van der Waals surface area contributed by atoms with Gasteiger partial charge in [-0.15, -0.1) is 0 Å². The first-order valence-corrected chi connectivity index (χ1v) is 10.9. The molecule has 1 unspecified atom stereocenters. The minimum Gasteiger partial charge on any atom is -0.352 e. The minimum absolute atomic E-state index is 0.163. The van der Waals surface area contributed by atoms with Crippen molar-refractivity contribution >= 4 is 33.2 Å². The van der Waals surface area contributed by atoms with E-state index in [9.17, 15) is 18.0 Å². The number of sulfonamides is 1. The first-order chi connectivity index (χ1) is 13.2. The third-order valence-electron chi connectivity index (χ3n) is 4.59. The van der Waals surface area contributed by atoms with Gasteiger partial charge in [-0.05, 0) is 68.3 Å². The van der Waals surface area contributed by atoms with Gasteiger partial charge in [-0.25, -0.2) is 8.42 Å². The van der Waals surface area contributed by atoms with Crippen LogP contribution >= 0.6 is 0 Å². The van der Waals surface area contributed by atoms with Crippen LogP contribution in [0.5, 0.6) is 0 Å². The van der Waals surface area contributed by atoms with Crippen molar-refractivity contribution in [2.45, 2.75) is 26.3 Å². The molecule has 3 rings (SSSR count). The van der Waals surface area contributed by atoms with Crippen molar-refractivity contribution < 1.29 is 18.0 Å². The monoisotopic (exact) mass is 401 g/mol. The molecule has 0 saturated carbocycles. The third kappa shape index (κ3) is 4.01. The minimum atomic E-state index is -3.36. The van der Waals surface area contributed by atoms with Crippen molar-refractivity contribution in [2.24, 2.45) is 0 Å². The lowest BCUT2D eigenvalue weighted by molar-refractivity contribution is 0.0955. The first-order valence-electron chi connectivity index (χ1n) is 9.02. The average Bonchev–Trinajstić information content (AvgIpc) is 2.97. The predicted octanol–water partition coefficient (Wildman–Crippen LogP) is 2.40. The highest BCUT2D eigenvalue weighted by Crippen LogP contribution is 2.34. The molecule has 0 aliphatic carbocycles. The van der Waals surface area contributed by atoms with E-state index < -0.39 is 10.0 Å². The molecule has 1 aliphatic rings. The molecule has 0 radical (unpaired) electrons. The van der Waals surface area contributed by atoms with Crippen molar-refractivity contribution in [3.05, 3.63) is 59.2 Å². The first kappa shape index (κ1) is 19.9. The Bertz CT molecular complexity index is 1020. The molecule has 1 heterocycles. The number of nitrogens with zero attached hydrogens (tertiary/aromatic N) is 1. The quantitative estimate of drug-likeness (QED) is 0.804. The Morgan fingerprint density at radius 2 is 1.71 bits per heavy atom. The SMILES string of the molecule is CCNC(=O)c1ccc(NC(=O)c2ccc3c(c2)CC(C)N3S(C)(=O)=O)cc1. The molecule has 28 heavy (non-hydrogen) atoms. The molecule has 2 aromatic rings. The number of carbonyl (C=O) groups excluding carboxylic acids is 2. The topological polar surface area (TPSA) is 95.6 Å². The number of anilines is 2. The summed E-state index contributed by atoms with van der Waals surface area (Å²) in [7, 11) is -3.36. The lowest BCUT2D eigenvalue weighted by atomic mass is 10.1. The van der Waals surface area contributed by atoms with E-state index in [1.54, 1.807) is 42.5 Å². The van der Waals surface area contributed by atoms with Gasteiger partial charge in [-0.2, -0.15) is 0 Å². The summed E-state index contributed by atoms with van der Waals surface area (Å²) in [6, 6.07) is 11.5. The molecule has 148 valence electrons. The number of nitrogens with one attached hydrogen (secondary N) is 2. The Hall–Kier alpha value is -2.87. The van der Waals surface area contributed by atoms with E-state index in [1.165, 1.54) is 10.6 Å². The third-order valence-corrected chi connectivity index (χ3v) is 5.87. The molecule has 0 saturated heterocycles. The van der Waals surface area contributed by atoms with Crippen molar-refractivity contribution in [2.75, 3.05) is 22.4 Å². The maximum absolute atomic E-state index is 12.6. The second kappa shape index (κ2) is 7.63. The zero-order chi connectivity index (χ0) is 20.5. The van der Waals surface area contributed by atoms with E-state index in [0.29, 0.717) is 35.5 Å². The van der Waals surface area contributed by atoms with Gasteiger partial charge in [0.25, 0.3) is 11.8 Å². The molecule has 2 N–H and O–H groups in total. The molecular weight excluding hydrogens is 378 g/mol. The van der Waals surface area contributed by atoms with Crippen LogP contribution in [0.4, 0.5) is 11.4 Å². The molecule has 1 aliphatic heterocycles. The molecule has 0 bridgehead atoms. The summed E-state index contributed by atoms with van der Waals surface area (Å²) in [5.41, 5.74) is 3.00. The van der Waals surface area contributed by atoms with Gasteiger partial charge in [-0.1, -0.05) is 0 Å². The summed E-state index contributed by atoms with van der Waals surface area (Å²) in [4.78, 5) is 24.4. The van der Waals surface area contributed by atoms with E-state index in [2.05, 4.69) is 10.6 Å². The fourth-order valence-electron chi connectivity index (χ4n) is 3.42. The Balaban J connectivity index is 1.76. The molecule has 0 fully saturated rings. The van der Waals surface area contributed by atoms with Crippen LogP contribution in [0.1, 0.15) is 40.1 Å². The normalized spacial score (nSPS) is 15.8. The molecule has 2 amide bonds. The number of benzene rings is 2. The van der Waals surface area contributed by atoms with Crippen LogP contribution in [0, 0.1) is 0 Å². The lowest BCUT2D eigenvalue weighted by Gasteiger charge is -2.21. The van der Waals surface area contributed by atoms with Gasteiger partial charge in [0.15, 0.2) is 0 Å². The van der Waals surface area contributed by atoms with E-state index in [4.69, 9.17) is 0 Å². The zero-order valence-corrected chi connectivity index (χ0v) is 16.8. The highest BCUT2D eigenvalue weighted by molar-refractivity contribution is 7.92. The van der Waals surface area contributed by atoms with Gasteiger partial charge < -0.3 is 10.6 Å². The molecule has 0 aromatic heterocycles. The van der Waals surface area contributed by atoms with Gasteiger partial charge in [0.2, 0.25) is 10.0 Å². The van der Waals surface area contributed by atoms with Gasteiger partial charge in [0, 0.05) is 29.4 Å². The maximum atomic E-state index is 12.6. The highest BCUT2D eigenvalue weighted by atomic mass is 32.2. The summed E-state index contributed by atoms with van der Waals surface area (Å²) in [6.07, 6.45) is 1.74. The van der Waals surface area contributed by atoms with Crippen molar-refractivity contribution in [1.29, 1.82) is 0 Å². The van der Waals surface area contributed by atoms with Crippen molar-refractivity contribution in [1.82, 2.24) is 5.32 Å². The smallest absolute Gasteiger partial charge is 0.255 e. The molecule has 8 heteroatoms. The van der Waals surface area contributed by atoms with E-state index in [1.807, 2.05) is 13.8 Å². The average molecular weight is 401 g/mol. The number of rotatable bonds is 5. The van der Waals surface area contributed by atoms with Gasteiger partial charge in [-0.3, -0.25) is 13.9 Å². The van der Waals surface area contributed by atoms with Gasteiger partial charge in [0.1, 0.15) is 0 Å². The van der Waals surface area contributed by atoms with E-state index in [-0.39, 0.29) is 17.9 Å². The number of hydrogen-bond acceptors (Lipinski definition) is 4. The van der Waals surface area contributed by atoms with Crippen LogP contribution in [-0.2, 0) is 16.4 Å². The molecular formula is C20H23N3O4S. The van der Waals surface area contributed by atoms with Crippen LogP contribution in [0.15, 0.2) is 42.5 Å². The molecule has 7 nitrogen and oxygen atoms in total. The molecule has 0 spiro atoms. The number of amides is 2. The van der Waals surface area contributed by atoms with Gasteiger partial charge >= 0.3 is 0 Å². The second-order valence-corrected chi connectivity index (χ2v) is 8.71. The number of hydrogen-bond donors (Lipinski definition) is 2. The van der Waals surface area contributed by atoms with E-state index >= 15 is 0 Å².